The van der Waals surface area contributed by atoms with Gasteiger partial charge in [0, 0.05) is 17.6 Å². The number of carbonyl (C=O) groups excluding carboxylic acids is 1. The average Bonchev–Trinajstić information content (AvgIpc) is 2.37. The summed E-state index contributed by atoms with van der Waals surface area (Å²) in [6, 6.07) is 5.36. The van der Waals surface area contributed by atoms with Gasteiger partial charge in [-0.2, -0.15) is 0 Å². The zero-order valence-electron chi connectivity index (χ0n) is 10.2. The molecule has 2 heterocycles. The number of nitrogens with zero attached hydrogens (tertiary/aromatic N) is 2. The molecule has 0 aliphatic rings. The number of carbonyl (C=O) groups is 1. The van der Waals surface area contributed by atoms with E-state index in [4.69, 9.17) is 16.3 Å². The summed E-state index contributed by atoms with van der Waals surface area (Å²) < 4.78 is 4.98. The Bertz CT molecular complexity index is 586. The first-order chi connectivity index (χ1) is 8.61. The lowest BCUT2D eigenvalue weighted by Crippen LogP contribution is -2.14. The van der Waals surface area contributed by atoms with Crippen LogP contribution in [-0.2, 0) is 9.53 Å². The number of ether oxygens (including phenoxy) is 1. The maximum Gasteiger partial charge on any atom is 0.314 e. The van der Waals surface area contributed by atoms with E-state index in [0.717, 1.165) is 10.9 Å². The smallest absolute Gasteiger partial charge is 0.314 e. The third kappa shape index (κ3) is 2.59. The molecule has 0 aromatic carbocycles. The van der Waals surface area contributed by atoms with Crippen molar-refractivity contribution in [3.05, 3.63) is 35.2 Å². The van der Waals surface area contributed by atoms with Crippen molar-refractivity contribution in [1.82, 2.24) is 9.97 Å². The van der Waals surface area contributed by atoms with E-state index in [1.165, 1.54) is 0 Å². The molecule has 1 unspecified atom stereocenters. The molecule has 2 aromatic heterocycles. The van der Waals surface area contributed by atoms with Gasteiger partial charge in [-0.25, -0.2) is 4.98 Å². The van der Waals surface area contributed by atoms with E-state index in [0.29, 0.717) is 17.5 Å². The maximum absolute atomic E-state index is 11.6. The highest BCUT2D eigenvalue weighted by atomic mass is 35.5. The number of aromatic nitrogens is 2. The van der Waals surface area contributed by atoms with Gasteiger partial charge >= 0.3 is 5.97 Å². The molecule has 0 spiro atoms. The predicted octanol–water partition coefficient (Wildman–Crippen LogP) is 2.95. The fourth-order valence-corrected chi connectivity index (χ4v) is 1.79. The summed E-state index contributed by atoms with van der Waals surface area (Å²) in [4.78, 5) is 20.0. The predicted molar refractivity (Wildman–Crippen MR) is 69.6 cm³/mol. The largest absolute Gasteiger partial charge is 0.465 e. The third-order valence-electron chi connectivity index (χ3n) is 2.65. The normalized spacial score (nSPS) is 12.4. The molecule has 0 aliphatic carbocycles. The molecule has 4 nitrogen and oxygen atoms in total. The van der Waals surface area contributed by atoms with Crippen molar-refractivity contribution in [2.24, 2.45) is 0 Å². The Morgan fingerprint density at radius 1 is 1.50 bits per heavy atom. The van der Waals surface area contributed by atoms with E-state index in [-0.39, 0.29) is 11.9 Å². The van der Waals surface area contributed by atoms with Gasteiger partial charge in [-0.15, -0.1) is 0 Å². The van der Waals surface area contributed by atoms with Gasteiger partial charge in [0.25, 0.3) is 0 Å². The number of fused-ring (bicyclic) bond motifs is 1. The molecule has 0 N–H and O–H groups in total. The molecule has 5 heteroatoms. The van der Waals surface area contributed by atoms with E-state index in [2.05, 4.69) is 9.97 Å². The second-order valence-electron chi connectivity index (χ2n) is 3.91. The van der Waals surface area contributed by atoms with Gasteiger partial charge < -0.3 is 4.74 Å². The lowest BCUT2D eigenvalue weighted by molar-refractivity contribution is -0.144. The summed E-state index contributed by atoms with van der Waals surface area (Å²) in [5, 5.41) is 1.27. The fraction of sp³-hybridized carbons (Fsp3) is 0.308. The minimum absolute atomic E-state index is 0.274. The van der Waals surface area contributed by atoms with Crippen LogP contribution >= 0.6 is 11.6 Å². The van der Waals surface area contributed by atoms with Gasteiger partial charge in [0.05, 0.1) is 23.7 Å². The van der Waals surface area contributed by atoms with Crippen molar-refractivity contribution in [3.8, 4) is 0 Å². The van der Waals surface area contributed by atoms with Crippen molar-refractivity contribution in [2.75, 3.05) is 6.61 Å². The highest BCUT2D eigenvalue weighted by molar-refractivity contribution is 6.29. The Morgan fingerprint density at radius 2 is 2.28 bits per heavy atom. The fourth-order valence-electron chi connectivity index (χ4n) is 1.64. The Kier molecular flexibility index (Phi) is 3.77. The van der Waals surface area contributed by atoms with Gasteiger partial charge in [-0.05, 0) is 26.0 Å². The number of hydrogen-bond donors (Lipinski definition) is 0. The van der Waals surface area contributed by atoms with Crippen LogP contribution in [0.3, 0.4) is 0 Å². The van der Waals surface area contributed by atoms with Crippen LogP contribution in [0.5, 0.6) is 0 Å². The number of esters is 1. The molecule has 2 rings (SSSR count). The molecule has 2 aromatic rings. The summed E-state index contributed by atoms with van der Waals surface area (Å²) in [6.45, 7) is 3.92. The summed E-state index contributed by atoms with van der Waals surface area (Å²) in [6.07, 6.45) is 1.66. The number of hydrogen-bond acceptors (Lipinski definition) is 4. The van der Waals surface area contributed by atoms with Crippen LogP contribution in [-0.4, -0.2) is 22.5 Å². The van der Waals surface area contributed by atoms with E-state index in [9.17, 15) is 4.79 Å². The molecule has 0 saturated heterocycles. The molecular formula is C13H13ClN2O2. The van der Waals surface area contributed by atoms with Gasteiger partial charge in [0.15, 0.2) is 0 Å². The standard InChI is InChI=1S/C13H13ClN2O2/c1-3-18-13(17)8(2)10-5-4-9-7-15-12(14)6-11(9)16-10/h4-8H,3H2,1-2H3. The van der Waals surface area contributed by atoms with Gasteiger partial charge in [-0.3, -0.25) is 9.78 Å². The van der Waals surface area contributed by atoms with E-state index in [1.54, 1.807) is 32.2 Å². The third-order valence-corrected chi connectivity index (χ3v) is 2.85. The highest BCUT2D eigenvalue weighted by Crippen LogP contribution is 2.20. The highest BCUT2D eigenvalue weighted by Gasteiger charge is 2.17. The Labute approximate surface area is 110 Å². The van der Waals surface area contributed by atoms with Crippen LogP contribution in [0.2, 0.25) is 5.15 Å². The minimum atomic E-state index is -0.388. The molecule has 0 bridgehead atoms. The van der Waals surface area contributed by atoms with Crippen LogP contribution in [0.25, 0.3) is 10.9 Å². The van der Waals surface area contributed by atoms with Crippen molar-refractivity contribution in [2.45, 2.75) is 19.8 Å². The van der Waals surface area contributed by atoms with Crippen molar-refractivity contribution < 1.29 is 9.53 Å². The van der Waals surface area contributed by atoms with E-state index in [1.807, 2.05) is 6.07 Å². The molecule has 94 valence electrons. The van der Waals surface area contributed by atoms with Crippen LogP contribution in [0.4, 0.5) is 0 Å². The van der Waals surface area contributed by atoms with Crippen LogP contribution in [0.1, 0.15) is 25.5 Å². The van der Waals surface area contributed by atoms with E-state index >= 15 is 0 Å². The summed E-state index contributed by atoms with van der Waals surface area (Å²) in [5.41, 5.74) is 1.40. The monoisotopic (exact) mass is 264 g/mol. The maximum atomic E-state index is 11.6. The zero-order chi connectivity index (χ0) is 13.1. The first-order valence-corrected chi connectivity index (χ1v) is 6.08. The second-order valence-corrected chi connectivity index (χ2v) is 4.30. The van der Waals surface area contributed by atoms with Crippen molar-refractivity contribution >= 4 is 28.5 Å². The Morgan fingerprint density at radius 3 is 3.00 bits per heavy atom. The van der Waals surface area contributed by atoms with Gasteiger partial charge in [0.2, 0.25) is 0 Å². The lowest BCUT2D eigenvalue weighted by Gasteiger charge is -2.10. The topological polar surface area (TPSA) is 52.1 Å². The van der Waals surface area contributed by atoms with Crippen molar-refractivity contribution in [1.29, 1.82) is 0 Å². The van der Waals surface area contributed by atoms with E-state index < -0.39 is 0 Å². The first kappa shape index (κ1) is 12.8. The summed E-state index contributed by atoms with van der Waals surface area (Å²) >= 11 is 5.82. The number of halogens is 1. The molecular weight excluding hydrogens is 252 g/mol. The number of rotatable bonds is 3. The quantitative estimate of drug-likeness (QED) is 0.632. The number of pyridine rings is 2. The van der Waals surface area contributed by atoms with Crippen LogP contribution < -0.4 is 0 Å². The van der Waals surface area contributed by atoms with Gasteiger partial charge in [-0.1, -0.05) is 11.6 Å². The molecule has 18 heavy (non-hydrogen) atoms. The van der Waals surface area contributed by atoms with Crippen LogP contribution in [0, 0.1) is 0 Å². The molecule has 1 atom stereocenters. The molecule has 0 amide bonds. The molecule has 0 radical (unpaired) electrons. The zero-order valence-corrected chi connectivity index (χ0v) is 10.9. The molecule has 0 fully saturated rings. The Balaban J connectivity index is 2.37. The summed E-state index contributed by atoms with van der Waals surface area (Å²) in [7, 11) is 0. The lowest BCUT2D eigenvalue weighted by atomic mass is 10.1. The molecule has 0 saturated carbocycles. The summed E-state index contributed by atoms with van der Waals surface area (Å²) in [5.74, 6) is -0.661. The van der Waals surface area contributed by atoms with Crippen LogP contribution in [0.15, 0.2) is 24.4 Å². The van der Waals surface area contributed by atoms with Gasteiger partial charge in [0.1, 0.15) is 5.15 Å². The average molecular weight is 265 g/mol. The molecule has 0 aliphatic heterocycles. The minimum Gasteiger partial charge on any atom is -0.465 e. The van der Waals surface area contributed by atoms with Crippen molar-refractivity contribution in [3.63, 3.8) is 0 Å². The first-order valence-electron chi connectivity index (χ1n) is 5.70. The second kappa shape index (κ2) is 5.31. The SMILES string of the molecule is CCOC(=O)C(C)c1ccc2cnc(Cl)cc2n1. The Hall–Kier alpha value is -1.68.